The molecule has 0 aromatic rings. The molecular formula is C19H40OSSi2. The van der Waals surface area contributed by atoms with E-state index in [-0.39, 0.29) is 0 Å². The van der Waals surface area contributed by atoms with Gasteiger partial charge in [-0.25, -0.2) is 0 Å². The van der Waals surface area contributed by atoms with Crippen LogP contribution in [0.2, 0.25) is 37.8 Å². The highest BCUT2D eigenvalue weighted by molar-refractivity contribution is 8.05. The molecule has 136 valence electrons. The van der Waals surface area contributed by atoms with Crippen LogP contribution in [0, 0.1) is 5.92 Å². The molecule has 1 aliphatic carbocycles. The normalized spacial score (nSPS) is 25.3. The van der Waals surface area contributed by atoms with Crippen molar-refractivity contribution in [3.63, 3.8) is 0 Å². The van der Waals surface area contributed by atoms with Crippen LogP contribution in [0.3, 0.4) is 0 Å². The largest absolute Gasteiger partial charge is 0.410 e. The van der Waals surface area contributed by atoms with Crippen LogP contribution >= 0.6 is 11.8 Å². The van der Waals surface area contributed by atoms with Crippen molar-refractivity contribution in [3.8, 4) is 0 Å². The minimum Gasteiger partial charge on any atom is -0.410 e. The molecule has 0 saturated heterocycles. The fraction of sp³-hybridized carbons (Fsp3) is 0.895. The fourth-order valence-corrected chi connectivity index (χ4v) is 8.53. The van der Waals surface area contributed by atoms with Crippen LogP contribution in [0.25, 0.3) is 0 Å². The van der Waals surface area contributed by atoms with Gasteiger partial charge in [-0.05, 0) is 52.7 Å². The molecule has 0 radical (unpaired) electrons. The van der Waals surface area contributed by atoms with E-state index >= 15 is 0 Å². The molecule has 0 spiro atoms. The Morgan fingerprint density at radius 2 is 1.74 bits per heavy atom. The van der Waals surface area contributed by atoms with E-state index in [0.29, 0.717) is 11.1 Å². The second-order valence-corrected chi connectivity index (χ2v) is 21.0. The van der Waals surface area contributed by atoms with E-state index in [9.17, 15) is 0 Å². The van der Waals surface area contributed by atoms with Gasteiger partial charge in [0.15, 0.2) is 8.32 Å². The molecule has 0 heterocycles. The molecule has 1 nitrogen and oxygen atoms in total. The first kappa shape index (κ1) is 21.5. The average Bonchev–Trinajstić information content (AvgIpc) is 2.34. The first-order valence-electron chi connectivity index (χ1n) is 9.36. The summed E-state index contributed by atoms with van der Waals surface area (Å²) in [5, 5.41) is 0.297. The van der Waals surface area contributed by atoms with Gasteiger partial charge < -0.3 is 4.43 Å². The molecule has 0 bridgehead atoms. The molecule has 4 heteroatoms. The van der Waals surface area contributed by atoms with Crippen molar-refractivity contribution < 1.29 is 4.43 Å². The summed E-state index contributed by atoms with van der Waals surface area (Å²) in [4.78, 5) is 0. The first-order valence-corrected chi connectivity index (χ1v) is 16.8. The van der Waals surface area contributed by atoms with Gasteiger partial charge in [-0.1, -0.05) is 60.7 Å². The van der Waals surface area contributed by atoms with Gasteiger partial charge in [0.2, 0.25) is 0 Å². The van der Waals surface area contributed by atoms with Gasteiger partial charge in [0.05, 0.1) is 14.2 Å². The monoisotopic (exact) mass is 372 g/mol. The van der Waals surface area contributed by atoms with Gasteiger partial charge in [0, 0.05) is 0 Å². The van der Waals surface area contributed by atoms with Gasteiger partial charge in [0.1, 0.15) is 0 Å². The predicted molar refractivity (Wildman–Crippen MR) is 114 cm³/mol. The number of hydrogen-bond acceptors (Lipinski definition) is 2. The van der Waals surface area contributed by atoms with Crippen molar-refractivity contribution in [3.05, 3.63) is 10.1 Å². The number of hydrogen-bond donors (Lipinski definition) is 0. The summed E-state index contributed by atoms with van der Waals surface area (Å²) >= 11 is 2.15. The lowest BCUT2D eigenvalue weighted by atomic mass is 9.79. The van der Waals surface area contributed by atoms with E-state index in [0.717, 1.165) is 5.92 Å². The quantitative estimate of drug-likeness (QED) is 0.349. The van der Waals surface area contributed by atoms with Gasteiger partial charge in [-0.2, -0.15) is 0 Å². The van der Waals surface area contributed by atoms with Gasteiger partial charge in [0.25, 0.3) is 0 Å². The standard InChI is InChI=1S/C19H40OSSi2/c1-11-12-13-21-18(22(6,7)8)17-15(2)14-16(17)20-23(9,10)19(3,4)5/h15-16H,11-14H2,1-10H3/b18-17+/t15-,16+/m0/s1. The van der Waals surface area contributed by atoms with Gasteiger partial charge in [-0.15, -0.1) is 11.8 Å². The van der Waals surface area contributed by atoms with Crippen LogP contribution in [0.5, 0.6) is 0 Å². The van der Waals surface area contributed by atoms with Crippen LogP contribution in [-0.2, 0) is 4.43 Å². The summed E-state index contributed by atoms with van der Waals surface area (Å²) < 4.78 is 8.54. The minimum absolute atomic E-state index is 0.297. The van der Waals surface area contributed by atoms with Crippen LogP contribution < -0.4 is 0 Å². The molecule has 1 aliphatic rings. The molecule has 0 N–H and O–H groups in total. The zero-order chi connectivity index (χ0) is 18.1. The minimum atomic E-state index is -1.68. The Labute approximate surface area is 152 Å². The molecule has 0 aromatic carbocycles. The summed E-state index contributed by atoms with van der Waals surface area (Å²) in [7, 11) is -2.98. The van der Waals surface area contributed by atoms with E-state index in [4.69, 9.17) is 4.43 Å². The Hall–Kier alpha value is 0.484. The molecule has 1 rings (SSSR count). The highest BCUT2D eigenvalue weighted by Gasteiger charge is 2.45. The summed E-state index contributed by atoms with van der Waals surface area (Å²) in [6.45, 7) is 24.0. The van der Waals surface area contributed by atoms with Crippen molar-refractivity contribution in [2.45, 2.75) is 97.8 Å². The van der Waals surface area contributed by atoms with E-state index in [1.165, 1.54) is 25.0 Å². The molecule has 0 aromatic heterocycles. The van der Waals surface area contributed by atoms with Crippen molar-refractivity contribution in [2.24, 2.45) is 5.92 Å². The van der Waals surface area contributed by atoms with E-state index in [1.807, 2.05) is 0 Å². The highest BCUT2D eigenvalue weighted by Crippen LogP contribution is 2.48. The maximum absolute atomic E-state index is 6.79. The second-order valence-electron chi connectivity index (χ2n) is 9.74. The van der Waals surface area contributed by atoms with E-state index in [1.54, 1.807) is 10.1 Å². The zero-order valence-corrected chi connectivity index (χ0v) is 20.1. The van der Waals surface area contributed by atoms with Crippen molar-refractivity contribution in [1.82, 2.24) is 0 Å². The lowest BCUT2D eigenvalue weighted by Gasteiger charge is -2.47. The first-order chi connectivity index (χ1) is 10.3. The van der Waals surface area contributed by atoms with Crippen LogP contribution in [0.4, 0.5) is 0 Å². The topological polar surface area (TPSA) is 9.23 Å². The van der Waals surface area contributed by atoms with Crippen molar-refractivity contribution in [1.29, 1.82) is 0 Å². The summed E-state index contributed by atoms with van der Waals surface area (Å²) in [6.07, 6.45) is 4.25. The Kier molecular flexibility index (Phi) is 7.30. The van der Waals surface area contributed by atoms with Crippen LogP contribution in [0.1, 0.15) is 53.9 Å². The van der Waals surface area contributed by atoms with E-state index < -0.39 is 16.4 Å². The number of unbranched alkanes of at least 4 members (excludes halogenated alkanes) is 1. The lowest BCUT2D eigenvalue weighted by Crippen LogP contribution is -2.49. The average molecular weight is 373 g/mol. The SMILES string of the molecule is CCCCS/C(=C1/[C@@H](C)C[C@H]1O[Si](C)(C)C(C)(C)C)[Si](C)(C)C. The predicted octanol–water partition coefficient (Wildman–Crippen LogP) is 7.08. The Bertz CT molecular complexity index is 430. The van der Waals surface area contributed by atoms with Crippen molar-refractivity contribution in [2.75, 3.05) is 5.75 Å². The third-order valence-corrected chi connectivity index (χ3v) is 14.8. The number of rotatable bonds is 7. The van der Waals surface area contributed by atoms with Crippen LogP contribution in [0.15, 0.2) is 10.1 Å². The van der Waals surface area contributed by atoms with Gasteiger partial charge in [-0.3, -0.25) is 0 Å². The second kappa shape index (κ2) is 7.80. The molecule has 0 aliphatic heterocycles. The molecule has 1 saturated carbocycles. The summed E-state index contributed by atoms with van der Waals surface area (Å²) in [5.74, 6) is 2.00. The Balaban J connectivity index is 3.03. The molecular weight excluding hydrogens is 332 g/mol. The summed E-state index contributed by atoms with van der Waals surface area (Å²) in [6, 6.07) is 0. The third-order valence-electron chi connectivity index (χ3n) is 5.38. The highest BCUT2D eigenvalue weighted by atomic mass is 32.2. The zero-order valence-electron chi connectivity index (χ0n) is 17.3. The van der Waals surface area contributed by atoms with Gasteiger partial charge >= 0.3 is 0 Å². The number of thioether (sulfide) groups is 1. The molecule has 0 amide bonds. The Morgan fingerprint density at radius 3 is 2.13 bits per heavy atom. The molecule has 2 atom stereocenters. The maximum atomic E-state index is 6.79. The molecule has 23 heavy (non-hydrogen) atoms. The summed E-state index contributed by atoms with van der Waals surface area (Å²) in [5.41, 5.74) is 1.68. The molecule has 0 unspecified atom stereocenters. The van der Waals surface area contributed by atoms with Crippen LogP contribution in [-0.4, -0.2) is 28.2 Å². The Morgan fingerprint density at radius 1 is 1.17 bits per heavy atom. The van der Waals surface area contributed by atoms with Crippen molar-refractivity contribution >= 4 is 28.2 Å². The smallest absolute Gasteiger partial charge is 0.192 e. The van der Waals surface area contributed by atoms with E-state index in [2.05, 4.69) is 79.1 Å². The maximum Gasteiger partial charge on any atom is 0.192 e. The third kappa shape index (κ3) is 5.48. The fourth-order valence-electron chi connectivity index (χ4n) is 2.80. The lowest BCUT2D eigenvalue weighted by molar-refractivity contribution is 0.130. The molecule has 1 fully saturated rings.